The van der Waals surface area contributed by atoms with Crippen LogP contribution >= 0.6 is 0 Å². The highest BCUT2D eigenvalue weighted by Crippen LogP contribution is 2.34. The third kappa shape index (κ3) is 1.32. The van der Waals surface area contributed by atoms with Gasteiger partial charge in [0.2, 0.25) is 0 Å². The first kappa shape index (κ1) is 9.59. The second kappa shape index (κ2) is 3.31. The SMILES string of the molecule is Cc1cc(F)c2c(c1F)[C@H](O)CCC2. The van der Waals surface area contributed by atoms with E-state index in [0.29, 0.717) is 24.8 Å². The smallest absolute Gasteiger partial charge is 0.132 e. The zero-order valence-electron chi connectivity index (χ0n) is 7.98. The number of aliphatic hydroxyl groups excluding tert-OH is 1. The monoisotopic (exact) mass is 198 g/mol. The Morgan fingerprint density at radius 3 is 2.86 bits per heavy atom. The molecule has 1 aromatic carbocycles. The number of hydrogen-bond acceptors (Lipinski definition) is 1. The minimum absolute atomic E-state index is 0.175. The summed E-state index contributed by atoms with van der Waals surface area (Å²) in [5.74, 6) is -0.841. The summed E-state index contributed by atoms with van der Waals surface area (Å²) in [6, 6.07) is 1.20. The number of aryl methyl sites for hydroxylation is 1. The summed E-state index contributed by atoms with van der Waals surface area (Å²) in [6.07, 6.45) is 0.920. The van der Waals surface area contributed by atoms with Crippen LogP contribution < -0.4 is 0 Å². The van der Waals surface area contributed by atoms with E-state index in [2.05, 4.69) is 0 Å². The van der Waals surface area contributed by atoms with Crippen molar-refractivity contribution >= 4 is 0 Å². The molecule has 0 aromatic heterocycles. The van der Waals surface area contributed by atoms with Gasteiger partial charge in [0.05, 0.1) is 6.10 Å². The molecular formula is C11H12F2O. The predicted octanol–water partition coefficient (Wildman–Crippen LogP) is 2.64. The van der Waals surface area contributed by atoms with Gasteiger partial charge in [-0.05, 0) is 43.4 Å². The molecule has 14 heavy (non-hydrogen) atoms. The quantitative estimate of drug-likeness (QED) is 0.679. The Morgan fingerprint density at radius 2 is 2.14 bits per heavy atom. The number of benzene rings is 1. The highest BCUT2D eigenvalue weighted by Gasteiger charge is 2.25. The number of halogens is 2. The lowest BCUT2D eigenvalue weighted by Crippen LogP contribution is -2.14. The highest BCUT2D eigenvalue weighted by atomic mass is 19.1. The Morgan fingerprint density at radius 1 is 1.43 bits per heavy atom. The minimum Gasteiger partial charge on any atom is -0.388 e. The molecule has 76 valence electrons. The fourth-order valence-electron chi connectivity index (χ4n) is 2.03. The van der Waals surface area contributed by atoms with Gasteiger partial charge in [0.25, 0.3) is 0 Å². The second-order valence-corrected chi connectivity index (χ2v) is 3.79. The molecule has 0 radical (unpaired) electrons. The van der Waals surface area contributed by atoms with Crippen LogP contribution in [0.15, 0.2) is 6.07 Å². The van der Waals surface area contributed by atoms with Crippen molar-refractivity contribution in [3.63, 3.8) is 0 Å². The Balaban J connectivity index is 2.67. The van der Waals surface area contributed by atoms with Crippen LogP contribution in [0.5, 0.6) is 0 Å². The summed E-state index contributed by atoms with van der Waals surface area (Å²) in [7, 11) is 0. The van der Waals surface area contributed by atoms with E-state index < -0.39 is 17.7 Å². The van der Waals surface area contributed by atoms with Crippen molar-refractivity contribution in [3.8, 4) is 0 Å². The summed E-state index contributed by atoms with van der Waals surface area (Å²) in [5, 5.41) is 9.58. The molecule has 0 aliphatic heterocycles. The molecule has 0 spiro atoms. The lowest BCUT2D eigenvalue weighted by Gasteiger charge is -2.23. The third-order valence-electron chi connectivity index (χ3n) is 2.78. The van der Waals surface area contributed by atoms with Crippen molar-refractivity contribution in [2.45, 2.75) is 32.3 Å². The van der Waals surface area contributed by atoms with Gasteiger partial charge in [-0.25, -0.2) is 8.78 Å². The summed E-state index contributed by atoms with van der Waals surface area (Å²) >= 11 is 0. The molecule has 2 rings (SSSR count). The number of hydrogen-bond donors (Lipinski definition) is 1. The number of rotatable bonds is 0. The molecule has 1 aliphatic carbocycles. The Kier molecular flexibility index (Phi) is 2.27. The maximum atomic E-state index is 13.6. The molecule has 3 heteroatoms. The summed E-state index contributed by atoms with van der Waals surface area (Å²) in [6.45, 7) is 1.51. The van der Waals surface area contributed by atoms with E-state index >= 15 is 0 Å². The van der Waals surface area contributed by atoms with E-state index in [1.165, 1.54) is 13.0 Å². The van der Waals surface area contributed by atoms with Crippen LogP contribution in [0, 0.1) is 18.6 Å². The fourth-order valence-corrected chi connectivity index (χ4v) is 2.03. The van der Waals surface area contributed by atoms with Crippen LogP contribution in [0.25, 0.3) is 0 Å². The van der Waals surface area contributed by atoms with Crippen LogP contribution in [0.2, 0.25) is 0 Å². The van der Waals surface area contributed by atoms with E-state index in [-0.39, 0.29) is 11.1 Å². The molecule has 0 unspecified atom stereocenters. The molecule has 1 aromatic rings. The molecule has 0 amide bonds. The van der Waals surface area contributed by atoms with Gasteiger partial charge in [-0.3, -0.25) is 0 Å². The molecule has 0 saturated heterocycles. The van der Waals surface area contributed by atoms with Crippen molar-refractivity contribution in [2.24, 2.45) is 0 Å². The van der Waals surface area contributed by atoms with Crippen molar-refractivity contribution in [1.29, 1.82) is 0 Å². The van der Waals surface area contributed by atoms with Gasteiger partial charge in [0.15, 0.2) is 0 Å². The van der Waals surface area contributed by atoms with Crippen molar-refractivity contribution in [3.05, 3.63) is 34.4 Å². The van der Waals surface area contributed by atoms with Crippen molar-refractivity contribution < 1.29 is 13.9 Å². The molecule has 1 atom stereocenters. The lowest BCUT2D eigenvalue weighted by atomic mass is 9.87. The number of fused-ring (bicyclic) bond motifs is 1. The molecule has 0 saturated carbocycles. The third-order valence-corrected chi connectivity index (χ3v) is 2.78. The highest BCUT2D eigenvalue weighted by molar-refractivity contribution is 5.37. The zero-order chi connectivity index (χ0) is 10.3. The van der Waals surface area contributed by atoms with E-state index in [1.54, 1.807) is 0 Å². The minimum atomic E-state index is -0.840. The summed E-state index contributed by atoms with van der Waals surface area (Å²) < 4.78 is 27.0. The first-order valence-corrected chi connectivity index (χ1v) is 4.76. The Hall–Kier alpha value is -0.960. The average molecular weight is 198 g/mol. The molecule has 1 N–H and O–H groups in total. The van der Waals surface area contributed by atoms with Gasteiger partial charge in [0, 0.05) is 5.56 Å². The first-order valence-electron chi connectivity index (χ1n) is 4.76. The lowest BCUT2D eigenvalue weighted by molar-refractivity contribution is 0.150. The summed E-state index contributed by atoms with van der Waals surface area (Å²) in [4.78, 5) is 0. The van der Waals surface area contributed by atoms with E-state index in [9.17, 15) is 13.9 Å². The van der Waals surface area contributed by atoms with Gasteiger partial charge < -0.3 is 5.11 Å². The van der Waals surface area contributed by atoms with Crippen molar-refractivity contribution in [1.82, 2.24) is 0 Å². The van der Waals surface area contributed by atoms with E-state index in [1.807, 2.05) is 0 Å². The predicted molar refractivity (Wildman–Crippen MR) is 49.0 cm³/mol. The van der Waals surface area contributed by atoms with Crippen LogP contribution in [0.4, 0.5) is 8.78 Å². The van der Waals surface area contributed by atoms with Gasteiger partial charge in [-0.15, -0.1) is 0 Å². The van der Waals surface area contributed by atoms with Crippen LogP contribution in [-0.2, 0) is 6.42 Å². The first-order chi connectivity index (χ1) is 6.61. The van der Waals surface area contributed by atoms with E-state index in [4.69, 9.17) is 0 Å². The maximum absolute atomic E-state index is 13.6. The Labute approximate surface area is 81.4 Å². The molecule has 0 bridgehead atoms. The average Bonchev–Trinajstić information content (AvgIpc) is 2.14. The maximum Gasteiger partial charge on any atom is 0.132 e. The normalized spacial score (nSPS) is 20.7. The van der Waals surface area contributed by atoms with Gasteiger partial charge in [-0.2, -0.15) is 0 Å². The van der Waals surface area contributed by atoms with Crippen LogP contribution in [-0.4, -0.2) is 5.11 Å². The molecule has 1 nitrogen and oxygen atoms in total. The molecule has 0 fully saturated rings. The summed E-state index contributed by atoms with van der Waals surface area (Å²) in [5.41, 5.74) is 0.794. The van der Waals surface area contributed by atoms with Crippen LogP contribution in [0.1, 0.15) is 35.6 Å². The molecule has 1 aliphatic rings. The zero-order valence-corrected chi connectivity index (χ0v) is 7.98. The molecular weight excluding hydrogens is 186 g/mol. The van der Waals surface area contributed by atoms with Crippen LogP contribution in [0.3, 0.4) is 0 Å². The standard InChI is InChI=1S/C11H12F2O/c1-6-5-8(12)7-3-2-4-9(14)10(7)11(6)13/h5,9,14H,2-4H2,1H3/t9-/m1/s1. The number of aliphatic hydroxyl groups is 1. The second-order valence-electron chi connectivity index (χ2n) is 3.79. The van der Waals surface area contributed by atoms with Crippen molar-refractivity contribution in [2.75, 3.05) is 0 Å². The van der Waals surface area contributed by atoms with Gasteiger partial charge >= 0.3 is 0 Å². The Bertz CT molecular complexity index is 374. The fraction of sp³-hybridized carbons (Fsp3) is 0.455. The van der Waals surface area contributed by atoms with Gasteiger partial charge in [-0.1, -0.05) is 0 Å². The van der Waals surface area contributed by atoms with Gasteiger partial charge in [0.1, 0.15) is 11.6 Å². The largest absolute Gasteiger partial charge is 0.388 e. The van der Waals surface area contributed by atoms with E-state index in [0.717, 1.165) is 0 Å². The topological polar surface area (TPSA) is 20.2 Å². The molecule has 0 heterocycles.